The number of aliphatic hydroxyl groups is 4. The molecule has 5 atom stereocenters. The van der Waals surface area contributed by atoms with Crippen LogP contribution in [0.2, 0.25) is 0 Å². The van der Waals surface area contributed by atoms with E-state index in [0.29, 0.717) is 0 Å². The Balaban J connectivity index is 0.00000208. The molecule has 0 spiro atoms. The van der Waals surface area contributed by atoms with Gasteiger partial charge in [0.15, 0.2) is 0 Å². The number of halogens is 1. The molecule has 3 rings (SSSR count). The van der Waals surface area contributed by atoms with Crippen molar-refractivity contribution < 1.29 is 39.5 Å². The van der Waals surface area contributed by atoms with Gasteiger partial charge in [-0.3, -0.25) is 14.9 Å². The van der Waals surface area contributed by atoms with E-state index in [1.807, 2.05) is 0 Å². The Bertz CT molecular complexity index is 652. The van der Waals surface area contributed by atoms with Gasteiger partial charge in [0.25, 0.3) is 11.8 Å². The average molecular weight is 406 g/mol. The predicted molar refractivity (Wildman–Crippen MR) is 83.0 cm³/mol. The van der Waals surface area contributed by atoms with Crippen molar-refractivity contribution >= 4 is 28.8 Å². The van der Waals surface area contributed by atoms with E-state index < -0.39 is 49.1 Å². The first-order chi connectivity index (χ1) is 10.9. The van der Waals surface area contributed by atoms with Gasteiger partial charge in [-0.1, -0.05) is 6.07 Å². The number of nitrogens with one attached hydrogen (secondary N) is 1. The van der Waals surface area contributed by atoms with Gasteiger partial charge in [0, 0.05) is 0 Å². The normalized spacial score (nSPS) is 31.9. The summed E-state index contributed by atoms with van der Waals surface area (Å²) in [5, 5.41) is 40.6. The fraction of sp³-hybridized carbons (Fsp3) is 0.429. The number of fused-ring (bicyclic) bond motifs is 1. The summed E-state index contributed by atoms with van der Waals surface area (Å²) in [6.07, 6.45) is -7.28. The number of amides is 2. The van der Waals surface area contributed by atoms with Crippen molar-refractivity contribution in [3.8, 4) is 5.75 Å². The molecule has 2 amide bonds. The van der Waals surface area contributed by atoms with Crippen LogP contribution in [0.1, 0.15) is 20.7 Å². The second-order valence-electron chi connectivity index (χ2n) is 5.28. The van der Waals surface area contributed by atoms with Crippen molar-refractivity contribution in [2.24, 2.45) is 0 Å². The van der Waals surface area contributed by atoms with Crippen LogP contribution in [-0.2, 0) is 4.74 Å². The SMILES string of the molecule is Br.O=C1NC(=O)c2c(O[C@H]3O[C@H](CO)[C@@H](O)[C@H](O)[C@H]3O)cccc21. The Hall–Kier alpha value is -1.56. The minimum absolute atomic E-state index is 0. The molecule has 0 saturated carbocycles. The van der Waals surface area contributed by atoms with Crippen molar-refractivity contribution in [3.05, 3.63) is 29.3 Å². The van der Waals surface area contributed by atoms with Gasteiger partial charge in [-0.2, -0.15) is 0 Å². The highest BCUT2D eigenvalue weighted by atomic mass is 79.9. The van der Waals surface area contributed by atoms with E-state index in [0.717, 1.165) is 0 Å². The number of hydrogen-bond donors (Lipinski definition) is 5. The molecule has 0 aliphatic carbocycles. The topological polar surface area (TPSA) is 146 Å². The maximum Gasteiger partial charge on any atom is 0.262 e. The number of imide groups is 1. The zero-order valence-corrected chi connectivity index (χ0v) is 13.9. The van der Waals surface area contributed by atoms with Crippen LogP contribution in [0.15, 0.2) is 18.2 Å². The number of hydrogen-bond acceptors (Lipinski definition) is 8. The maximum atomic E-state index is 11.8. The van der Waals surface area contributed by atoms with E-state index in [2.05, 4.69) is 5.32 Å². The molecule has 2 heterocycles. The first-order valence-corrected chi connectivity index (χ1v) is 6.90. The van der Waals surface area contributed by atoms with E-state index in [4.69, 9.17) is 14.6 Å². The Labute approximate surface area is 146 Å². The smallest absolute Gasteiger partial charge is 0.262 e. The molecule has 10 heteroatoms. The molecule has 0 radical (unpaired) electrons. The number of benzene rings is 1. The molecule has 1 fully saturated rings. The molecule has 5 N–H and O–H groups in total. The Kier molecular flexibility index (Phi) is 5.58. The van der Waals surface area contributed by atoms with Crippen LogP contribution in [0, 0.1) is 0 Å². The summed E-state index contributed by atoms with van der Waals surface area (Å²) in [5.41, 5.74) is 0.117. The highest BCUT2D eigenvalue weighted by molar-refractivity contribution is 8.93. The molecule has 2 aliphatic rings. The number of aliphatic hydroxyl groups excluding tert-OH is 4. The molecular formula is C14H16BrNO8. The summed E-state index contributed by atoms with van der Waals surface area (Å²) < 4.78 is 10.6. The van der Waals surface area contributed by atoms with Gasteiger partial charge in [-0.05, 0) is 12.1 Å². The van der Waals surface area contributed by atoms with E-state index in [1.54, 1.807) is 0 Å². The van der Waals surface area contributed by atoms with Crippen molar-refractivity contribution in [2.75, 3.05) is 6.61 Å². The van der Waals surface area contributed by atoms with Gasteiger partial charge in [0.1, 0.15) is 30.2 Å². The third-order valence-electron chi connectivity index (χ3n) is 3.82. The third kappa shape index (κ3) is 3.04. The Morgan fingerprint density at radius 2 is 1.79 bits per heavy atom. The van der Waals surface area contributed by atoms with Gasteiger partial charge >= 0.3 is 0 Å². The first kappa shape index (κ1) is 18.8. The van der Waals surface area contributed by atoms with Crippen molar-refractivity contribution in [1.82, 2.24) is 5.32 Å². The van der Waals surface area contributed by atoms with Gasteiger partial charge < -0.3 is 29.9 Å². The van der Waals surface area contributed by atoms with Crippen LogP contribution in [0.25, 0.3) is 0 Å². The number of carbonyl (C=O) groups is 2. The molecule has 2 aliphatic heterocycles. The van der Waals surface area contributed by atoms with E-state index >= 15 is 0 Å². The van der Waals surface area contributed by atoms with E-state index in [1.165, 1.54) is 18.2 Å². The summed E-state index contributed by atoms with van der Waals surface area (Å²) in [7, 11) is 0. The molecule has 1 saturated heterocycles. The largest absolute Gasteiger partial charge is 0.461 e. The predicted octanol–water partition coefficient (Wildman–Crippen LogP) is -1.67. The highest BCUT2D eigenvalue weighted by Gasteiger charge is 2.45. The van der Waals surface area contributed by atoms with Crippen molar-refractivity contribution in [1.29, 1.82) is 0 Å². The number of ether oxygens (including phenoxy) is 2. The molecule has 132 valence electrons. The van der Waals surface area contributed by atoms with Crippen LogP contribution >= 0.6 is 17.0 Å². The minimum Gasteiger partial charge on any atom is -0.461 e. The van der Waals surface area contributed by atoms with E-state index in [9.17, 15) is 24.9 Å². The van der Waals surface area contributed by atoms with Gasteiger partial charge in [-0.15, -0.1) is 17.0 Å². The summed E-state index contributed by atoms with van der Waals surface area (Å²) in [6.45, 7) is -0.601. The lowest BCUT2D eigenvalue weighted by molar-refractivity contribution is -0.277. The zero-order valence-electron chi connectivity index (χ0n) is 12.2. The molecule has 24 heavy (non-hydrogen) atoms. The van der Waals surface area contributed by atoms with Crippen LogP contribution in [0.3, 0.4) is 0 Å². The molecule has 1 aromatic rings. The van der Waals surface area contributed by atoms with Gasteiger partial charge in [0.2, 0.25) is 6.29 Å². The molecular weight excluding hydrogens is 390 g/mol. The second kappa shape index (κ2) is 7.13. The summed E-state index contributed by atoms with van der Waals surface area (Å²) >= 11 is 0. The number of carbonyl (C=O) groups excluding carboxylic acids is 2. The standard InChI is InChI=1S/C14H15NO8.BrH/c16-4-7-9(17)10(18)11(19)14(23-7)22-6-3-1-2-5-8(6)13(21)15-12(5)20;/h1-3,7,9-11,14,16-19H,4H2,(H,15,20,21);1H/t7-,9-,10+,11-,14+;/m1./s1. The molecule has 1 aromatic carbocycles. The molecule has 0 aromatic heterocycles. The van der Waals surface area contributed by atoms with Crippen molar-refractivity contribution in [3.63, 3.8) is 0 Å². The minimum atomic E-state index is -1.61. The van der Waals surface area contributed by atoms with Gasteiger partial charge in [-0.25, -0.2) is 0 Å². The third-order valence-corrected chi connectivity index (χ3v) is 3.82. The van der Waals surface area contributed by atoms with Crippen LogP contribution < -0.4 is 10.1 Å². The zero-order chi connectivity index (χ0) is 16.7. The quantitative estimate of drug-likeness (QED) is 0.375. The van der Waals surface area contributed by atoms with Gasteiger partial charge in [0.05, 0.1) is 17.7 Å². The van der Waals surface area contributed by atoms with Crippen LogP contribution in [0.5, 0.6) is 5.75 Å². The summed E-state index contributed by atoms with van der Waals surface area (Å²) in [4.78, 5) is 23.4. The summed E-state index contributed by atoms with van der Waals surface area (Å²) in [6, 6.07) is 4.32. The Morgan fingerprint density at radius 3 is 2.46 bits per heavy atom. The Morgan fingerprint density at radius 1 is 1.08 bits per heavy atom. The second-order valence-corrected chi connectivity index (χ2v) is 5.28. The number of rotatable bonds is 3. The summed E-state index contributed by atoms with van der Waals surface area (Å²) in [5.74, 6) is -1.23. The van der Waals surface area contributed by atoms with Crippen molar-refractivity contribution in [2.45, 2.75) is 30.7 Å². The fourth-order valence-corrected chi connectivity index (χ4v) is 2.58. The fourth-order valence-electron chi connectivity index (χ4n) is 2.58. The molecule has 0 unspecified atom stereocenters. The lowest BCUT2D eigenvalue weighted by Crippen LogP contribution is -2.60. The van der Waals surface area contributed by atoms with Crippen LogP contribution in [0.4, 0.5) is 0 Å². The average Bonchev–Trinajstić information content (AvgIpc) is 2.83. The highest BCUT2D eigenvalue weighted by Crippen LogP contribution is 2.30. The first-order valence-electron chi connectivity index (χ1n) is 6.90. The molecule has 9 nitrogen and oxygen atoms in total. The monoisotopic (exact) mass is 405 g/mol. The van der Waals surface area contributed by atoms with Crippen LogP contribution in [-0.4, -0.2) is 69.6 Å². The maximum absolute atomic E-state index is 11.8. The van der Waals surface area contributed by atoms with E-state index in [-0.39, 0.29) is 33.9 Å². The molecule has 0 bridgehead atoms. The lowest BCUT2D eigenvalue weighted by atomic mass is 9.99. The lowest BCUT2D eigenvalue weighted by Gasteiger charge is -2.39.